The number of benzene rings is 1. The van der Waals surface area contributed by atoms with E-state index in [2.05, 4.69) is 29.4 Å². The van der Waals surface area contributed by atoms with Crippen molar-refractivity contribution in [3.63, 3.8) is 0 Å². The van der Waals surface area contributed by atoms with Crippen LogP contribution in [0, 0.1) is 0 Å². The van der Waals surface area contributed by atoms with Gasteiger partial charge in [0.15, 0.2) is 0 Å². The standard InChI is InChI=1S/C15H24GeO3/c1-7-18-14(17)15(2,3)19-13-10-8-12(9-11-13)16(4,5)6/h8-11H,7H2,1-6H3. The molecule has 1 aromatic carbocycles. The van der Waals surface area contributed by atoms with Crippen molar-refractivity contribution in [2.45, 2.75) is 43.6 Å². The van der Waals surface area contributed by atoms with Crippen molar-refractivity contribution >= 4 is 23.6 Å². The molecule has 0 spiro atoms. The number of esters is 1. The van der Waals surface area contributed by atoms with Gasteiger partial charge in [-0.1, -0.05) is 0 Å². The summed E-state index contributed by atoms with van der Waals surface area (Å²) in [5.74, 6) is 7.40. The molecule has 4 heteroatoms. The first kappa shape index (κ1) is 16.1. The minimum atomic E-state index is -1.79. The molecule has 0 aliphatic heterocycles. The molecule has 0 aromatic heterocycles. The quantitative estimate of drug-likeness (QED) is 0.617. The van der Waals surface area contributed by atoms with Gasteiger partial charge in [-0.2, -0.15) is 0 Å². The van der Waals surface area contributed by atoms with E-state index in [9.17, 15) is 4.79 Å². The first-order valence-corrected chi connectivity index (χ1v) is 14.0. The summed E-state index contributed by atoms with van der Waals surface area (Å²) in [5, 5.41) is 0. The summed E-state index contributed by atoms with van der Waals surface area (Å²) in [6.07, 6.45) is 0. The second-order valence-electron chi connectivity index (χ2n) is 6.11. The van der Waals surface area contributed by atoms with Gasteiger partial charge in [0.1, 0.15) is 0 Å². The molecule has 0 N–H and O–H groups in total. The Morgan fingerprint density at radius 1 is 1.16 bits per heavy atom. The Hall–Kier alpha value is -0.967. The van der Waals surface area contributed by atoms with Gasteiger partial charge in [-0.05, 0) is 0 Å². The second-order valence-corrected chi connectivity index (χ2v) is 16.8. The first-order valence-electron chi connectivity index (χ1n) is 6.63. The average Bonchev–Trinajstić information content (AvgIpc) is 2.28. The predicted octanol–water partition coefficient (Wildman–Crippen LogP) is 2.95. The average molecular weight is 325 g/mol. The van der Waals surface area contributed by atoms with Gasteiger partial charge in [-0.15, -0.1) is 0 Å². The van der Waals surface area contributed by atoms with Crippen molar-refractivity contribution in [3.8, 4) is 5.75 Å². The van der Waals surface area contributed by atoms with Crippen molar-refractivity contribution in [3.05, 3.63) is 24.3 Å². The number of carbonyl (C=O) groups excluding carboxylic acids is 1. The van der Waals surface area contributed by atoms with Crippen LogP contribution < -0.4 is 9.13 Å². The molecule has 0 bridgehead atoms. The summed E-state index contributed by atoms with van der Waals surface area (Å²) in [5.41, 5.74) is -0.958. The number of hydrogen-bond donors (Lipinski definition) is 0. The fraction of sp³-hybridized carbons (Fsp3) is 0.533. The Morgan fingerprint density at radius 3 is 2.11 bits per heavy atom. The Morgan fingerprint density at radius 2 is 1.68 bits per heavy atom. The van der Waals surface area contributed by atoms with Gasteiger partial charge in [0, 0.05) is 0 Å². The molecule has 0 amide bonds. The van der Waals surface area contributed by atoms with Gasteiger partial charge in [0.05, 0.1) is 0 Å². The fourth-order valence-electron chi connectivity index (χ4n) is 1.66. The molecule has 0 unspecified atom stereocenters. The summed E-state index contributed by atoms with van der Waals surface area (Å²) in [7, 11) is 0. The molecule has 0 radical (unpaired) electrons. The van der Waals surface area contributed by atoms with Gasteiger partial charge < -0.3 is 0 Å². The summed E-state index contributed by atoms with van der Waals surface area (Å²) in [6, 6.07) is 8.09. The Kier molecular flexibility index (Phi) is 5.07. The molecule has 0 saturated heterocycles. The van der Waals surface area contributed by atoms with E-state index in [1.54, 1.807) is 20.8 Å². The predicted molar refractivity (Wildman–Crippen MR) is 80.8 cm³/mol. The summed E-state index contributed by atoms with van der Waals surface area (Å²) < 4.78 is 12.2. The first-order chi connectivity index (χ1) is 8.66. The van der Waals surface area contributed by atoms with Gasteiger partial charge in [0.25, 0.3) is 0 Å². The van der Waals surface area contributed by atoms with Crippen LogP contribution in [0.4, 0.5) is 0 Å². The van der Waals surface area contributed by atoms with Gasteiger partial charge in [0.2, 0.25) is 0 Å². The van der Waals surface area contributed by atoms with Crippen LogP contribution >= 0.6 is 0 Å². The van der Waals surface area contributed by atoms with Crippen molar-refractivity contribution in [2.24, 2.45) is 0 Å². The van der Waals surface area contributed by atoms with E-state index >= 15 is 0 Å². The van der Waals surface area contributed by atoms with Gasteiger partial charge in [-0.25, -0.2) is 0 Å². The molecule has 0 aliphatic rings. The van der Waals surface area contributed by atoms with Crippen molar-refractivity contribution in [1.29, 1.82) is 0 Å². The summed E-state index contributed by atoms with van der Waals surface area (Å²) >= 11 is -1.79. The third-order valence-corrected chi connectivity index (χ3v) is 7.19. The molecule has 0 saturated carbocycles. The van der Waals surface area contributed by atoms with E-state index in [0.29, 0.717) is 12.4 Å². The zero-order valence-corrected chi connectivity index (χ0v) is 14.8. The van der Waals surface area contributed by atoms with Crippen molar-refractivity contribution in [2.75, 3.05) is 6.61 Å². The SMILES string of the molecule is CCOC(=O)C(C)(C)Oc1cc[c]([Ge]([CH3])([CH3])[CH3])cc1. The third kappa shape index (κ3) is 4.57. The van der Waals surface area contributed by atoms with Crippen LogP contribution in [-0.2, 0) is 9.53 Å². The Balaban J connectivity index is 2.80. The molecular weight excluding hydrogens is 301 g/mol. The van der Waals surface area contributed by atoms with Gasteiger partial charge in [-0.3, -0.25) is 0 Å². The maximum atomic E-state index is 11.8. The van der Waals surface area contributed by atoms with Crippen LogP contribution in [0.25, 0.3) is 0 Å². The van der Waals surface area contributed by atoms with E-state index in [4.69, 9.17) is 9.47 Å². The topological polar surface area (TPSA) is 35.5 Å². The van der Waals surface area contributed by atoms with Crippen LogP contribution in [0.2, 0.25) is 17.3 Å². The minimum absolute atomic E-state index is 0.340. The molecule has 0 atom stereocenters. The molecule has 0 fully saturated rings. The number of hydrogen-bond acceptors (Lipinski definition) is 3. The molecule has 0 aliphatic carbocycles. The van der Waals surface area contributed by atoms with Crippen LogP contribution in [0.5, 0.6) is 5.75 Å². The Labute approximate surface area is 118 Å². The van der Waals surface area contributed by atoms with Crippen LogP contribution in [0.3, 0.4) is 0 Å². The fourth-order valence-corrected chi connectivity index (χ4v) is 4.11. The Bertz CT molecular complexity index is 430. The van der Waals surface area contributed by atoms with E-state index in [1.165, 1.54) is 4.40 Å². The van der Waals surface area contributed by atoms with E-state index in [-0.39, 0.29) is 5.97 Å². The van der Waals surface area contributed by atoms with E-state index in [0.717, 1.165) is 0 Å². The summed E-state index contributed by atoms with van der Waals surface area (Å²) in [4.78, 5) is 11.8. The van der Waals surface area contributed by atoms with Gasteiger partial charge >= 0.3 is 118 Å². The maximum absolute atomic E-state index is 11.8. The number of rotatable bonds is 5. The molecule has 1 aromatic rings. The van der Waals surface area contributed by atoms with Crippen molar-refractivity contribution < 1.29 is 14.3 Å². The van der Waals surface area contributed by atoms with E-state index < -0.39 is 18.9 Å². The van der Waals surface area contributed by atoms with Crippen LogP contribution in [0.1, 0.15) is 20.8 Å². The van der Waals surface area contributed by atoms with E-state index in [1.807, 2.05) is 12.1 Å². The molecular formula is C15H24GeO3. The second kappa shape index (κ2) is 5.99. The molecule has 19 heavy (non-hydrogen) atoms. The summed E-state index contributed by atoms with van der Waals surface area (Å²) in [6.45, 7) is 5.60. The molecule has 1 rings (SSSR count). The van der Waals surface area contributed by atoms with Crippen LogP contribution in [-0.4, -0.2) is 31.4 Å². The zero-order chi connectivity index (χ0) is 14.7. The molecule has 106 valence electrons. The third-order valence-electron chi connectivity index (χ3n) is 2.86. The number of ether oxygens (including phenoxy) is 2. The molecule has 0 heterocycles. The number of carbonyl (C=O) groups is 1. The van der Waals surface area contributed by atoms with Crippen molar-refractivity contribution in [1.82, 2.24) is 0 Å². The monoisotopic (exact) mass is 326 g/mol. The molecule has 3 nitrogen and oxygen atoms in total. The zero-order valence-electron chi connectivity index (χ0n) is 12.7. The normalized spacial score (nSPS) is 12.1. The van der Waals surface area contributed by atoms with Crippen LogP contribution in [0.15, 0.2) is 24.3 Å².